The van der Waals surface area contributed by atoms with E-state index in [4.69, 9.17) is 34.8 Å². The first-order valence-corrected chi connectivity index (χ1v) is 12.7. The molecule has 1 unspecified atom stereocenters. The van der Waals surface area contributed by atoms with Gasteiger partial charge < -0.3 is 5.32 Å². The Morgan fingerprint density at radius 3 is 2.28 bits per heavy atom. The number of nitrogens with zero attached hydrogens (tertiary/aromatic N) is 3. The molecule has 0 radical (unpaired) electrons. The van der Waals surface area contributed by atoms with Gasteiger partial charge in [-0.3, -0.25) is 4.79 Å². The Morgan fingerprint density at radius 1 is 1.06 bits per heavy atom. The van der Waals surface area contributed by atoms with Crippen LogP contribution in [0.1, 0.15) is 24.2 Å². The third kappa shape index (κ3) is 4.68. The number of carbonyl (C=O) groups is 1. The number of nitrogens with one attached hydrogen (secondary N) is 1. The number of halogens is 6. The van der Waals surface area contributed by atoms with Crippen molar-refractivity contribution in [2.45, 2.75) is 24.0 Å². The number of rotatable bonds is 4. The van der Waals surface area contributed by atoms with E-state index in [0.717, 1.165) is 17.8 Å². The van der Waals surface area contributed by atoms with Crippen molar-refractivity contribution in [1.29, 1.82) is 0 Å². The van der Waals surface area contributed by atoms with E-state index in [1.807, 2.05) is 0 Å². The number of sulfonamides is 1. The molecule has 4 rings (SSSR count). The van der Waals surface area contributed by atoms with E-state index in [-0.39, 0.29) is 37.6 Å². The second-order valence-electron chi connectivity index (χ2n) is 7.83. The zero-order valence-corrected chi connectivity index (χ0v) is 21.5. The average Bonchev–Trinajstić information content (AvgIpc) is 3.23. The highest BCUT2D eigenvalue weighted by atomic mass is 35.5. The number of carbonyl (C=O) groups excluding carboxylic acids is 1. The van der Waals surface area contributed by atoms with Crippen LogP contribution >= 0.6 is 34.8 Å². The van der Waals surface area contributed by atoms with Crippen LogP contribution in [0.5, 0.6) is 0 Å². The normalized spacial score (nSPS) is 15.9. The standard InChI is InChI=1S/C22H16Cl3F3N4O3S/c1-11-19(21(33)31(2)36(34,35)14-6-4-13(23)5-7-14)20(12-3-8-15(24)16(25)9-12)32-18(29-11)10-17(30-32)22(26,27)28/h3-10,20,29H,1-2H3. The number of anilines is 1. The first kappa shape index (κ1) is 26.3. The van der Waals surface area contributed by atoms with E-state index in [1.165, 1.54) is 49.4 Å². The van der Waals surface area contributed by atoms with E-state index in [0.29, 0.717) is 9.33 Å². The van der Waals surface area contributed by atoms with Crippen LogP contribution in [0, 0.1) is 0 Å². The summed E-state index contributed by atoms with van der Waals surface area (Å²) in [6.07, 6.45) is -4.76. The van der Waals surface area contributed by atoms with Gasteiger partial charge in [-0.15, -0.1) is 0 Å². The molecule has 0 bridgehead atoms. The van der Waals surface area contributed by atoms with Crippen LogP contribution in [0.4, 0.5) is 19.0 Å². The largest absolute Gasteiger partial charge is 0.435 e. The Kier molecular flexibility index (Phi) is 6.80. The number of allylic oxidation sites excluding steroid dienone is 1. The van der Waals surface area contributed by atoms with Gasteiger partial charge in [0.05, 0.1) is 20.5 Å². The highest BCUT2D eigenvalue weighted by molar-refractivity contribution is 7.89. The van der Waals surface area contributed by atoms with Crippen molar-refractivity contribution in [2.24, 2.45) is 0 Å². The lowest BCUT2D eigenvalue weighted by molar-refractivity contribution is -0.141. The van der Waals surface area contributed by atoms with E-state index < -0.39 is 33.8 Å². The van der Waals surface area contributed by atoms with Gasteiger partial charge in [0.15, 0.2) is 5.69 Å². The third-order valence-electron chi connectivity index (χ3n) is 5.51. The molecule has 0 fully saturated rings. The van der Waals surface area contributed by atoms with E-state index in [1.54, 1.807) is 0 Å². The SMILES string of the molecule is CC1=C(C(=O)N(C)S(=O)(=O)c2ccc(Cl)cc2)C(c2ccc(Cl)c(Cl)c2)n2nc(C(F)(F)F)cc2N1. The highest BCUT2D eigenvalue weighted by Crippen LogP contribution is 2.41. The fraction of sp³-hybridized carbons (Fsp3) is 0.182. The van der Waals surface area contributed by atoms with E-state index >= 15 is 0 Å². The molecular formula is C22H16Cl3F3N4O3S. The van der Waals surface area contributed by atoms with Gasteiger partial charge in [-0.1, -0.05) is 40.9 Å². The molecule has 1 aliphatic rings. The van der Waals surface area contributed by atoms with E-state index in [2.05, 4.69) is 10.4 Å². The van der Waals surface area contributed by atoms with Crippen molar-refractivity contribution in [3.8, 4) is 0 Å². The Morgan fingerprint density at radius 2 is 1.69 bits per heavy atom. The lowest BCUT2D eigenvalue weighted by Crippen LogP contribution is -2.39. The molecule has 2 aromatic carbocycles. The highest BCUT2D eigenvalue weighted by Gasteiger charge is 2.41. The van der Waals surface area contributed by atoms with E-state index in [9.17, 15) is 26.4 Å². The summed E-state index contributed by atoms with van der Waals surface area (Å²) in [5.74, 6) is -1.03. The van der Waals surface area contributed by atoms with Gasteiger partial charge in [0.1, 0.15) is 11.9 Å². The summed E-state index contributed by atoms with van der Waals surface area (Å²) in [6.45, 7) is 1.45. The molecule has 14 heteroatoms. The molecule has 1 aliphatic heterocycles. The lowest BCUT2D eigenvalue weighted by atomic mass is 9.95. The maximum atomic E-state index is 13.6. The maximum absolute atomic E-state index is 13.6. The van der Waals surface area contributed by atoms with Crippen LogP contribution in [-0.4, -0.2) is 35.5 Å². The van der Waals surface area contributed by atoms with Gasteiger partial charge in [0.2, 0.25) is 0 Å². The summed E-state index contributed by atoms with van der Waals surface area (Å²) in [6, 6.07) is 8.99. The average molecular weight is 580 g/mol. The number of amides is 1. The van der Waals surface area contributed by atoms with Crippen LogP contribution in [0.15, 0.2) is 64.7 Å². The van der Waals surface area contributed by atoms with Gasteiger partial charge >= 0.3 is 6.18 Å². The Labute approximate surface area is 219 Å². The Hall–Kier alpha value is -2.73. The minimum absolute atomic E-state index is 0.0457. The van der Waals surface area contributed by atoms with Crippen LogP contribution in [0.2, 0.25) is 15.1 Å². The Bertz CT molecular complexity index is 1500. The van der Waals surface area contributed by atoms with Crippen LogP contribution < -0.4 is 5.32 Å². The molecule has 2 heterocycles. The number of hydrogen-bond donors (Lipinski definition) is 1. The Balaban J connectivity index is 1.86. The quantitative estimate of drug-likeness (QED) is 0.410. The molecule has 3 aromatic rings. The van der Waals surface area contributed by atoms with Gasteiger partial charge in [0, 0.05) is 23.8 Å². The molecule has 0 aliphatic carbocycles. The minimum Gasteiger partial charge on any atom is -0.344 e. The lowest BCUT2D eigenvalue weighted by Gasteiger charge is -2.31. The minimum atomic E-state index is -4.76. The maximum Gasteiger partial charge on any atom is 0.435 e. The van der Waals surface area contributed by atoms with Gasteiger partial charge in [-0.05, 0) is 48.9 Å². The first-order valence-electron chi connectivity index (χ1n) is 10.1. The molecule has 0 saturated carbocycles. The third-order valence-corrected chi connectivity index (χ3v) is 8.26. The first-order chi connectivity index (χ1) is 16.7. The van der Waals surface area contributed by atoms with Crippen molar-refractivity contribution < 1.29 is 26.4 Å². The predicted molar refractivity (Wildman–Crippen MR) is 130 cm³/mol. The summed E-state index contributed by atoms with van der Waals surface area (Å²) < 4.78 is 68.2. The van der Waals surface area contributed by atoms with Crippen molar-refractivity contribution in [3.05, 3.63) is 86.1 Å². The van der Waals surface area contributed by atoms with Crippen LogP contribution in [-0.2, 0) is 21.0 Å². The molecule has 1 N–H and O–H groups in total. The van der Waals surface area contributed by atoms with Crippen molar-refractivity contribution in [1.82, 2.24) is 14.1 Å². The summed E-state index contributed by atoms with van der Waals surface area (Å²) in [4.78, 5) is 13.4. The number of alkyl halides is 3. The second-order valence-corrected chi connectivity index (χ2v) is 11.0. The molecule has 1 amide bonds. The number of hydrogen-bond acceptors (Lipinski definition) is 5. The molecule has 0 spiro atoms. The van der Waals surface area contributed by atoms with Gasteiger partial charge in [-0.2, -0.15) is 18.3 Å². The number of likely N-dealkylation sites (N-methyl/N-ethyl adjacent to an activating group) is 1. The zero-order valence-electron chi connectivity index (χ0n) is 18.4. The number of aromatic nitrogens is 2. The summed E-state index contributed by atoms with van der Waals surface area (Å²) in [5.41, 5.74) is -0.948. The molecule has 190 valence electrons. The fourth-order valence-electron chi connectivity index (χ4n) is 3.72. The van der Waals surface area contributed by atoms with Crippen molar-refractivity contribution in [2.75, 3.05) is 12.4 Å². The van der Waals surface area contributed by atoms with Crippen LogP contribution in [0.25, 0.3) is 0 Å². The monoisotopic (exact) mass is 578 g/mol. The summed E-state index contributed by atoms with van der Waals surface area (Å²) in [7, 11) is -3.28. The topological polar surface area (TPSA) is 84.3 Å². The molecular weight excluding hydrogens is 564 g/mol. The summed E-state index contributed by atoms with van der Waals surface area (Å²) in [5, 5.41) is 6.96. The van der Waals surface area contributed by atoms with Gasteiger partial charge in [0.25, 0.3) is 15.9 Å². The van der Waals surface area contributed by atoms with Crippen molar-refractivity contribution >= 4 is 56.6 Å². The predicted octanol–water partition coefficient (Wildman–Crippen LogP) is 6.00. The number of fused-ring (bicyclic) bond motifs is 1. The van der Waals surface area contributed by atoms with Crippen LogP contribution in [0.3, 0.4) is 0 Å². The second kappa shape index (κ2) is 9.29. The smallest absolute Gasteiger partial charge is 0.344 e. The molecule has 7 nitrogen and oxygen atoms in total. The number of benzene rings is 2. The summed E-state index contributed by atoms with van der Waals surface area (Å²) >= 11 is 18.0. The zero-order chi connectivity index (χ0) is 26.6. The molecule has 36 heavy (non-hydrogen) atoms. The molecule has 0 saturated heterocycles. The van der Waals surface area contributed by atoms with Crippen molar-refractivity contribution in [3.63, 3.8) is 0 Å². The molecule has 1 aromatic heterocycles. The molecule has 1 atom stereocenters. The van der Waals surface area contributed by atoms with Gasteiger partial charge in [-0.25, -0.2) is 17.4 Å². The fourth-order valence-corrected chi connectivity index (χ4v) is 5.27.